The van der Waals surface area contributed by atoms with Gasteiger partial charge in [-0.25, -0.2) is 0 Å². The predicted octanol–water partition coefficient (Wildman–Crippen LogP) is 5.70. The quantitative estimate of drug-likeness (QED) is 0.136. The smallest absolute Gasteiger partial charge is 0.306 e. The van der Waals surface area contributed by atoms with E-state index in [1.54, 1.807) is 0 Å². The first-order valence-corrected chi connectivity index (χ1v) is 11.8. The van der Waals surface area contributed by atoms with Gasteiger partial charge in [-0.3, -0.25) is 14.4 Å². The highest BCUT2D eigenvalue weighted by atomic mass is 79.9. The van der Waals surface area contributed by atoms with Gasteiger partial charge in [0.1, 0.15) is 6.10 Å². The Morgan fingerprint density at radius 3 is 1.50 bits per heavy atom. The number of rotatable bonds is 20. The molecular formula is C21H37BrO6. The molecule has 7 heteroatoms. The predicted molar refractivity (Wildman–Crippen MR) is 113 cm³/mol. The number of hydrogen-bond acceptors (Lipinski definition) is 4. The number of unbranched alkanes of at least 4 members (excludes halogenated alkanes) is 8. The van der Waals surface area contributed by atoms with Crippen LogP contribution in [0.5, 0.6) is 0 Å². The van der Waals surface area contributed by atoms with Crippen molar-refractivity contribution in [3.63, 3.8) is 0 Å². The van der Waals surface area contributed by atoms with E-state index in [0.29, 0.717) is 6.42 Å². The summed E-state index contributed by atoms with van der Waals surface area (Å²) in [4.78, 5) is 32.9. The van der Waals surface area contributed by atoms with Crippen LogP contribution in [0, 0.1) is 0 Å². The van der Waals surface area contributed by atoms with Gasteiger partial charge in [-0.15, -0.1) is 0 Å². The van der Waals surface area contributed by atoms with E-state index in [-0.39, 0.29) is 24.9 Å². The lowest BCUT2D eigenvalue weighted by Gasteiger charge is -2.18. The van der Waals surface area contributed by atoms with Gasteiger partial charge in [0.05, 0.1) is 0 Å². The SMILES string of the molecule is O=C(O)CCCCCCCC(CCCCCCCC(=O)O)OC(=O)CCCBr. The minimum atomic E-state index is -0.738. The maximum absolute atomic E-state index is 11.9. The Hall–Kier alpha value is -1.11. The number of alkyl halides is 1. The molecule has 0 bridgehead atoms. The van der Waals surface area contributed by atoms with Crippen molar-refractivity contribution >= 4 is 33.8 Å². The molecule has 0 aromatic rings. The van der Waals surface area contributed by atoms with Crippen LogP contribution in [-0.4, -0.2) is 39.6 Å². The topological polar surface area (TPSA) is 101 Å². The van der Waals surface area contributed by atoms with Crippen LogP contribution in [0.4, 0.5) is 0 Å². The zero-order chi connectivity index (χ0) is 21.0. The molecule has 0 unspecified atom stereocenters. The molecule has 2 N–H and O–H groups in total. The van der Waals surface area contributed by atoms with Crippen LogP contribution in [0.1, 0.15) is 103 Å². The standard InChI is InChI=1S/C21H37BrO6/c22-17-11-16-21(27)28-18(12-7-3-1-5-9-14-19(23)24)13-8-4-2-6-10-15-20(25)26/h18H,1-17H2,(H,23,24)(H,25,26). The van der Waals surface area contributed by atoms with E-state index in [2.05, 4.69) is 15.9 Å². The Morgan fingerprint density at radius 1 is 0.643 bits per heavy atom. The van der Waals surface area contributed by atoms with Crippen LogP contribution in [-0.2, 0) is 19.1 Å². The third-order valence-corrected chi connectivity index (χ3v) is 5.21. The second-order valence-corrected chi connectivity index (χ2v) is 8.10. The lowest BCUT2D eigenvalue weighted by Crippen LogP contribution is -2.18. The molecule has 0 atom stereocenters. The summed E-state index contributed by atoms with van der Waals surface area (Å²) in [5, 5.41) is 18.1. The number of carbonyl (C=O) groups is 3. The van der Waals surface area contributed by atoms with E-state index in [1.165, 1.54) is 0 Å². The highest BCUT2D eigenvalue weighted by molar-refractivity contribution is 9.09. The lowest BCUT2D eigenvalue weighted by atomic mass is 10.0. The fourth-order valence-corrected chi connectivity index (χ4v) is 3.36. The average Bonchev–Trinajstić information content (AvgIpc) is 2.63. The molecule has 28 heavy (non-hydrogen) atoms. The number of halogens is 1. The summed E-state index contributed by atoms with van der Waals surface area (Å²) in [7, 11) is 0. The Morgan fingerprint density at radius 2 is 1.07 bits per heavy atom. The second kappa shape index (κ2) is 19.2. The van der Waals surface area contributed by atoms with E-state index in [1.807, 2.05) is 0 Å². The van der Waals surface area contributed by atoms with Gasteiger partial charge in [0.2, 0.25) is 0 Å². The van der Waals surface area contributed by atoms with Crippen molar-refractivity contribution in [2.45, 2.75) is 109 Å². The van der Waals surface area contributed by atoms with E-state index in [9.17, 15) is 14.4 Å². The molecule has 0 aromatic carbocycles. The van der Waals surface area contributed by atoms with Crippen LogP contribution >= 0.6 is 15.9 Å². The first-order chi connectivity index (χ1) is 13.5. The Balaban J connectivity index is 3.98. The molecule has 0 amide bonds. The normalized spacial score (nSPS) is 10.9. The summed E-state index contributed by atoms with van der Waals surface area (Å²) in [5.74, 6) is -1.61. The van der Waals surface area contributed by atoms with Crippen molar-refractivity contribution in [3.8, 4) is 0 Å². The summed E-state index contributed by atoms with van der Waals surface area (Å²) in [6, 6.07) is 0. The van der Waals surface area contributed by atoms with Gasteiger partial charge >= 0.3 is 17.9 Å². The average molecular weight is 465 g/mol. The van der Waals surface area contributed by atoms with E-state index < -0.39 is 11.9 Å². The largest absolute Gasteiger partial charge is 0.481 e. The summed E-state index contributed by atoms with van der Waals surface area (Å²) in [6.07, 6.45) is 12.7. The molecule has 0 aliphatic rings. The van der Waals surface area contributed by atoms with Crippen LogP contribution in [0.3, 0.4) is 0 Å². The number of esters is 1. The Bertz CT molecular complexity index is 399. The lowest BCUT2D eigenvalue weighted by molar-refractivity contribution is -0.150. The Labute approximate surface area is 177 Å². The summed E-state index contributed by atoms with van der Waals surface area (Å²) < 4.78 is 5.66. The van der Waals surface area contributed by atoms with Crippen LogP contribution in [0.25, 0.3) is 0 Å². The minimum absolute atomic E-state index is 0.0409. The number of carboxylic acid groups (broad SMARTS) is 2. The van der Waals surface area contributed by atoms with Gasteiger partial charge in [-0.2, -0.15) is 0 Å². The van der Waals surface area contributed by atoms with Crippen LogP contribution < -0.4 is 0 Å². The molecular weight excluding hydrogens is 428 g/mol. The van der Waals surface area contributed by atoms with Gasteiger partial charge in [0, 0.05) is 24.6 Å². The third kappa shape index (κ3) is 19.6. The molecule has 0 radical (unpaired) electrons. The maximum atomic E-state index is 11.9. The molecule has 0 fully saturated rings. The molecule has 0 spiro atoms. The molecule has 0 saturated heterocycles. The summed E-state index contributed by atoms with van der Waals surface area (Å²) in [5.41, 5.74) is 0. The fraction of sp³-hybridized carbons (Fsp3) is 0.857. The molecule has 0 aliphatic heterocycles. The molecule has 164 valence electrons. The highest BCUT2D eigenvalue weighted by Gasteiger charge is 2.14. The zero-order valence-electron chi connectivity index (χ0n) is 17.0. The fourth-order valence-electron chi connectivity index (χ4n) is 3.08. The van der Waals surface area contributed by atoms with Gasteiger partial charge in [-0.05, 0) is 44.9 Å². The summed E-state index contributed by atoms with van der Waals surface area (Å²) >= 11 is 3.32. The van der Waals surface area contributed by atoms with Crippen molar-refractivity contribution in [2.24, 2.45) is 0 Å². The molecule has 0 saturated carbocycles. The number of aliphatic carboxylic acids is 2. The first-order valence-electron chi connectivity index (χ1n) is 10.6. The number of carbonyl (C=O) groups excluding carboxylic acids is 1. The van der Waals surface area contributed by atoms with Crippen molar-refractivity contribution in [2.75, 3.05) is 5.33 Å². The molecule has 0 aliphatic carbocycles. The van der Waals surface area contributed by atoms with E-state index >= 15 is 0 Å². The molecule has 0 aromatic heterocycles. The zero-order valence-corrected chi connectivity index (χ0v) is 18.6. The number of ether oxygens (including phenoxy) is 1. The van der Waals surface area contributed by atoms with Gasteiger partial charge in [-0.1, -0.05) is 54.5 Å². The number of carboxylic acids is 2. The van der Waals surface area contributed by atoms with Gasteiger partial charge in [0.25, 0.3) is 0 Å². The van der Waals surface area contributed by atoms with Crippen molar-refractivity contribution in [3.05, 3.63) is 0 Å². The molecule has 0 rings (SSSR count). The third-order valence-electron chi connectivity index (χ3n) is 4.65. The summed E-state index contributed by atoms with van der Waals surface area (Å²) in [6.45, 7) is 0. The minimum Gasteiger partial charge on any atom is -0.481 e. The van der Waals surface area contributed by atoms with Crippen molar-refractivity contribution < 1.29 is 29.3 Å². The van der Waals surface area contributed by atoms with Crippen LogP contribution in [0.2, 0.25) is 0 Å². The van der Waals surface area contributed by atoms with E-state index in [0.717, 1.165) is 88.8 Å². The second-order valence-electron chi connectivity index (χ2n) is 7.30. The Kier molecular flexibility index (Phi) is 18.5. The van der Waals surface area contributed by atoms with Gasteiger partial charge < -0.3 is 14.9 Å². The first kappa shape index (κ1) is 26.9. The van der Waals surface area contributed by atoms with Gasteiger partial charge in [0.15, 0.2) is 0 Å². The van der Waals surface area contributed by atoms with Crippen molar-refractivity contribution in [1.29, 1.82) is 0 Å². The number of hydrogen-bond donors (Lipinski definition) is 2. The monoisotopic (exact) mass is 464 g/mol. The van der Waals surface area contributed by atoms with Crippen LogP contribution in [0.15, 0.2) is 0 Å². The molecule has 6 nitrogen and oxygen atoms in total. The highest BCUT2D eigenvalue weighted by Crippen LogP contribution is 2.17. The van der Waals surface area contributed by atoms with E-state index in [4.69, 9.17) is 14.9 Å². The van der Waals surface area contributed by atoms with Crippen molar-refractivity contribution in [1.82, 2.24) is 0 Å². The maximum Gasteiger partial charge on any atom is 0.306 e. The molecule has 0 heterocycles.